The van der Waals surface area contributed by atoms with Crippen LogP contribution in [-0.4, -0.2) is 34.4 Å². The van der Waals surface area contributed by atoms with Gasteiger partial charge in [-0.25, -0.2) is 4.98 Å². The smallest absolute Gasteiger partial charge is 0.245 e. The summed E-state index contributed by atoms with van der Waals surface area (Å²) in [6.45, 7) is 1.29. The standard InChI is InChI=1S/C14H16N4OS/c1-15-12-13-11(17-9-20-13)4-6-18(14(12)19)8-10-3-2-5-16-7-10/h2-3,5,7,9,12,15H,4,6,8H2,1H3. The molecule has 0 bridgehead atoms. The lowest BCUT2D eigenvalue weighted by Gasteiger charge is -2.24. The van der Waals surface area contributed by atoms with Gasteiger partial charge in [-0.1, -0.05) is 6.07 Å². The van der Waals surface area contributed by atoms with Crippen LogP contribution in [0.25, 0.3) is 0 Å². The molecule has 1 unspecified atom stereocenters. The zero-order chi connectivity index (χ0) is 13.9. The summed E-state index contributed by atoms with van der Waals surface area (Å²) in [5, 5.41) is 3.12. The molecule has 3 rings (SSSR count). The van der Waals surface area contributed by atoms with Crippen LogP contribution in [0.5, 0.6) is 0 Å². The van der Waals surface area contributed by atoms with Crippen molar-refractivity contribution >= 4 is 17.2 Å². The monoisotopic (exact) mass is 288 g/mol. The van der Waals surface area contributed by atoms with Gasteiger partial charge >= 0.3 is 0 Å². The Balaban J connectivity index is 1.84. The molecule has 0 saturated carbocycles. The third-order valence-electron chi connectivity index (χ3n) is 3.50. The lowest BCUT2D eigenvalue weighted by atomic mass is 10.2. The first kappa shape index (κ1) is 13.2. The lowest BCUT2D eigenvalue weighted by Crippen LogP contribution is -2.38. The van der Waals surface area contributed by atoms with E-state index in [9.17, 15) is 4.79 Å². The summed E-state index contributed by atoms with van der Waals surface area (Å²) in [5.41, 5.74) is 3.91. The van der Waals surface area contributed by atoms with Crippen molar-refractivity contribution in [3.8, 4) is 0 Å². The maximum atomic E-state index is 12.7. The summed E-state index contributed by atoms with van der Waals surface area (Å²) in [6, 6.07) is 3.61. The van der Waals surface area contributed by atoms with Crippen molar-refractivity contribution in [3.05, 3.63) is 46.2 Å². The van der Waals surface area contributed by atoms with E-state index in [0.717, 1.165) is 22.6 Å². The van der Waals surface area contributed by atoms with E-state index >= 15 is 0 Å². The van der Waals surface area contributed by atoms with E-state index in [4.69, 9.17) is 0 Å². The number of hydrogen-bond donors (Lipinski definition) is 1. The maximum absolute atomic E-state index is 12.7. The maximum Gasteiger partial charge on any atom is 0.245 e. The molecule has 0 fully saturated rings. The van der Waals surface area contributed by atoms with E-state index in [-0.39, 0.29) is 11.9 Å². The first-order valence-electron chi connectivity index (χ1n) is 6.57. The Morgan fingerprint density at radius 1 is 1.55 bits per heavy atom. The number of rotatable bonds is 3. The second-order valence-corrected chi connectivity index (χ2v) is 5.64. The van der Waals surface area contributed by atoms with Crippen LogP contribution in [-0.2, 0) is 17.8 Å². The topological polar surface area (TPSA) is 58.1 Å². The molecule has 1 aliphatic rings. The Bertz CT molecular complexity index is 598. The number of nitrogens with zero attached hydrogens (tertiary/aromatic N) is 3. The number of carbonyl (C=O) groups excluding carboxylic acids is 1. The molecule has 5 nitrogen and oxygen atoms in total. The predicted octanol–water partition coefficient (Wildman–Crippen LogP) is 1.38. The Labute approximate surface area is 121 Å². The number of likely N-dealkylation sites (N-methyl/N-ethyl adjacent to an activating group) is 1. The van der Waals surface area contributed by atoms with Crippen molar-refractivity contribution < 1.29 is 4.79 Å². The normalized spacial score (nSPS) is 18.8. The molecule has 1 atom stereocenters. The van der Waals surface area contributed by atoms with E-state index in [1.807, 2.05) is 29.6 Å². The molecule has 0 saturated heterocycles. The van der Waals surface area contributed by atoms with Gasteiger partial charge in [-0.2, -0.15) is 0 Å². The van der Waals surface area contributed by atoms with E-state index in [1.165, 1.54) is 0 Å². The summed E-state index contributed by atoms with van der Waals surface area (Å²) >= 11 is 1.55. The predicted molar refractivity (Wildman–Crippen MR) is 77.3 cm³/mol. The fourth-order valence-electron chi connectivity index (χ4n) is 2.47. The largest absolute Gasteiger partial charge is 0.336 e. The Morgan fingerprint density at radius 2 is 2.45 bits per heavy atom. The molecular formula is C14H16N4OS. The molecule has 20 heavy (non-hydrogen) atoms. The zero-order valence-electron chi connectivity index (χ0n) is 11.2. The molecule has 1 N–H and O–H groups in total. The Hall–Kier alpha value is -1.79. The molecule has 1 aliphatic heterocycles. The van der Waals surface area contributed by atoms with Gasteiger partial charge in [0.1, 0.15) is 6.04 Å². The number of pyridine rings is 1. The first-order chi connectivity index (χ1) is 9.79. The summed E-state index contributed by atoms with van der Waals surface area (Å²) in [5.74, 6) is 0.111. The average Bonchev–Trinajstić information content (AvgIpc) is 2.89. The van der Waals surface area contributed by atoms with E-state index in [0.29, 0.717) is 13.1 Å². The summed E-state index contributed by atoms with van der Waals surface area (Å²) in [6.07, 6.45) is 4.36. The number of nitrogens with one attached hydrogen (secondary N) is 1. The third kappa shape index (κ3) is 2.44. The van der Waals surface area contributed by atoms with Crippen molar-refractivity contribution in [2.75, 3.05) is 13.6 Å². The fraction of sp³-hybridized carbons (Fsp3) is 0.357. The summed E-state index contributed by atoms with van der Waals surface area (Å²) in [7, 11) is 1.82. The first-order valence-corrected chi connectivity index (χ1v) is 7.45. The molecule has 0 aliphatic carbocycles. The number of hydrogen-bond acceptors (Lipinski definition) is 5. The van der Waals surface area contributed by atoms with Gasteiger partial charge in [-0.15, -0.1) is 11.3 Å². The summed E-state index contributed by atoms with van der Waals surface area (Å²) in [4.78, 5) is 24.1. The minimum atomic E-state index is -0.281. The van der Waals surface area contributed by atoms with Crippen LogP contribution >= 0.6 is 11.3 Å². The van der Waals surface area contributed by atoms with Gasteiger partial charge in [0.05, 0.1) is 16.1 Å². The second-order valence-electron chi connectivity index (χ2n) is 4.76. The number of thiazole rings is 1. The van der Waals surface area contributed by atoms with E-state index in [1.54, 1.807) is 23.7 Å². The van der Waals surface area contributed by atoms with Gasteiger partial charge in [0.15, 0.2) is 0 Å². The highest BCUT2D eigenvalue weighted by Crippen LogP contribution is 2.28. The van der Waals surface area contributed by atoms with Crippen LogP contribution in [0.4, 0.5) is 0 Å². The number of carbonyl (C=O) groups is 1. The molecule has 0 aromatic carbocycles. The van der Waals surface area contributed by atoms with Crippen LogP contribution in [0.15, 0.2) is 30.0 Å². The lowest BCUT2D eigenvalue weighted by molar-refractivity contribution is -0.133. The van der Waals surface area contributed by atoms with E-state index in [2.05, 4.69) is 15.3 Å². The van der Waals surface area contributed by atoms with Crippen molar-refractivity contribution in [2.45, 2.75) is 19.0 Å². The highest BCUT2D eigenvalue weighted by atomic mass is 32.1. The zero-order valence-corrected chi connectivity index (χ0v) is 12.1. The highest BCUT2D eigenvalue weighted by molar-refractivity contribution is 7.10. The molecular weight excluding hydrogens is 272 g/mol. The average molecular weight is 288 g/mol. The molecule has 2 aromatic heterocycles. The van der Waals surface area contributed by atoms with Crippen LogP contribution in [0.2, 0.25) is 0 Å². The van der Waals surface area contributed by atoms with Gasteiger partial charge in [-0.05, 0) is 18.7 Å². The number of amides is 1. The Kier molecular flexibility index (Phi) is 3.75. The molecule has 0 spiro atoms. The highest BCUT2D eigenvalue weighted by Gasteiger charge is 2.31. The van der Waals surface area contributed by atoms with Crippen molar-refractivity contribution in [3.63, 3.8) is 0 Å². The van der Waals surface area contributed by atoms with Gasteiger partial charge in [0, 0.05) is 31.9 Å². The molecule has 0 radical (unpaired) electrons. The van der Waals surface area contributed by atoms with Crippen LogP contribution in [0, 0.1) is 0 Å². The van der Waals surface area contributed by atoms with Gasteiger partial charge in [0.2, 0.25) is 5.91 Å². The Morgan fingerprint density at radius 3 is 3.20 bits per heavy atom. The van der Waals surface area contributed by atoms with Gasteiger partial charge < -0.3 is 10.2 Å². The van der Waals surface area contributed by atoms with Crippen molar-refractivity contribution in [2.24, 2.45) is 0 Å². The van der Waals surface area contributed by atoms with Crippen LogP contribution in [0.3, 0.4) is 0 Å². The SMILES string of the molecule is CNC1C(=O)N(Cc2cccnc2)CCc2ncsc21. The molecule has 6 heteroatoms. The summed E-state index contributed by atoms with van der Waals surface area (Å²) < 4.78 is 0. The molecule has 104 valence electrons. The van der Waals surface area contributed by atoms with Crippen molar-refractivity contribution in [1.29, 1.82) is 0 Å². The second kappa shape index (κ2) is 5.68. The van der Waals surface area contributed by atoms with Crippen LogP contribution < -0.4 is 5.32 Å². The van der Waals surface area contributed by atoms with Gasteiger partial charge in [0.25, 0.3) is 0 Å². The van der Waals surface area contributed by atoms with Crippen LogP contribution in [0.1, 0.15) is 22.2 Å². The molecule has 2 aromatic rings. The number of fused-ring (bicyclic) bond motifs is 1. The van der Waals surface area contributed by atoms with E-state index < -0.39 is 0 Å². The fourth-order valence-corrected chi connectivity index (χ4v) is 3.41. The molecule has 3 heterocycles. The third-order valence-corrected chi connectivity index (χ3v) is 4.43. The number of aromatic nitrogens is 2. The van der Waals surface area contributed by atoms with Crippen molar-refractivity contribution in [1.82, 2.24) is 20.2 Å². The minimum Gasteiger partial charge on any atom is -0.336 e. The van der Waals surface area contributed by atoms with Gasteiger partial charge in [-0.3, -0.25) is 9.78 Å². The quantitative estimate of drug-likeness (QED) is 0.927. The minimum absolute atomic E-state index is 0.111. The molecule has 1 amide bonds.